The summed E-state index contributed by atoms with van der Waals surface area (Å²) in [6, 6.07) is 0.563. The minimum Gasteiger partial charge on any atom is -0.355 e. The van der Waals surface area contributed by atoms with Crippen LogP contribution in [0.4, 0.5) is 0 Å². The van der Waals surface area contributed by atoms with Crippen molar-refractivity contribution in [3.63, 3.8) is 0 Å². The van der Waals surface area contributed by atoms with Crippen LogP contribution in [-0.4, -0.2) is 35.2 Å². The number of carbonyl (C=O) groups excluding carboxylic acids is 1. The standard InChI is InChI=1S/C9H14N4O2/c14-9(5-11-7-1-2-7)10-4-3-8-12-6-15-13-8/h6-7,11H,1-5H2,(H,10,14). The molecule has 1 aliphatic carbocycles. The zero-order valence-corrected chi connectivity index (χ0v) is 8.40. The Labute approximate surface area is 87.4 Å². The summed E-state index contributed by atoms with van der Waals surface area (Å²) in [6.45, 7) is 0.946. The SMILES string of the molecule is O=C(CNC1CC1)NCCc1ncon1. The first-order chi connectivity index (χ1) is 7.34. The molecule has 0 unspecified atom stereocenters. The molecule has 82 valence electrons. The number of aromatic nitrogens is 2. The van der Waals surface area contributed by atoms with Crippen molar-refractivity contribution in [1.82, 2.24) is 20.8 Å². The van der Waals surface area contributed by atoms with Gasteiger partial charge in [-0.25, -0.2) is 0 Å². The Kier molecular flexibility index (Phi) is 3.29. The third kappa shape index (κ3) is 3.67. The molecule has 6 heteroatoms. The van der Waals surface area contributed by atoms with Gasteiger partial charge in [-0.15, -0.1) is 0 Å². The van der Waals surface area contributed by atoms with E-state index in [0.29, 0.717) is 31.4 Å². The molecule has 0 saturated heterocycles. The molecule has 1 aliphatic rings. The Hall–Kier alpha value is -1.43. The Morgan fingerprint density at radius 1 is 1.60 bits per heavy atom. The van der Waals surface area contributed by atoms with Crippen LogP contribution >= 0.6 is 0 Å². The predicted molar refractivity (Wildman–Crippen MR) is 52.0 cm³/mol. The van der Waals surface area contributed by atoms with E-state index in [2.05, 4.69) is 25.3 Å². The minimum absolute atomic E-state index is 0.0189. The van der Waals surface area contributed by atoms with Crippen LogP contribution in [0.3, 0.4) is 0 Å². The monoisotopic (exact) mass is 210 g/mol. The lowest BCUT2D eigenvalue weighted by Crippen LogP contribution is -2.35. The average molecular weight is 210 g/mol. The first-order valence-corrected chi connectivity index (χ1v) is 5.10. The van der Waals surface area contributed by atoms with Crippen molar-refractivity contribution in [2.24, 2.45) is 0 Å². The van der Waals surface area contributed by atoms with E-state index in [4.69, 9.17) is 0 Å². The molecule has 0 aliphatic heterocycles. The largest absolute Gasteiger partial charge is 0.355 e. The molecule has 0 bridgehead atoms. The molecule has 6 nitrogen and oxygen atoms in total. The van der Waals surface area contributed by atoms with Crippen molar-refractivity contribution in [3.05, 3.63) is 12.2 Å². The highest BCUT2D eigenvalue weighted by molar-refractivity contribution is 5.78. The zero-order valence-electron chi connectivity index (χ0n) is 8.40. The summed E-state index contributed by atoms with van der Waals surface area (Å²) in [5.41, 5.74) is 0. The summed E-state index contributed by atoms with van der Waals surface area (Å²) in [7, 11) is 0. The van der Waals surface area contributed by atoms with Crippen LogP contribution in [0.1, 0.15) is 18.7 Å². The van der Waals surface area contributed by atoms with Crippen LogP contribution in [0.15, 0.2) is 10.9 Å². The van der Waals surface area contributed by atoms with Gasteiger partial charge in [0.15, 0.2) is 5.82 Å². The predicted octanol–water partition coefficient (Wildman–Crippen LogP) is -0.520. The molecular formula is C9H14N4O2. The molecule has 1 saturated carbocycles. The second kappa shape index (κ2) is 4.88. The lowest BCUT2D eigenvalue weighted by molar-refractivity contribution is -0.120. The van der Waals surface area contributed by atoms with Gasteiger partial charge in [-0.3, -0.25) is 4.79 Å². The molecule has 1 amide bonds. The Balaban J connectivity index is 1.54. The van der Waals surface area contributed by atoms with Crippen molar-refractivity contribution < 1.29 is 9.32 Å². The van der Waals surface area contributed by atoms with Crippen LogP contribution in [-0.2, 0) is 11.2 Å². The molecule has 2 N–H and O–H groups in total. The molecule has 0 aromatic carbocycles. The normalized spacial score (nSPS) is 15.2. The second-order valence-corrected chi connectivity index (χ2v) is 3.60. The van der Waals surface area contributed by atoms with Crippen LogP contribution < -0.4 is 10.6 Å². The van der Waals surface area contributed by atoms with Gasteiger partial charge >= 0.3 is 0 Å². The van der Waals surface area contributed by atoms with E-state index in [0.717, 1.165) is 0 Å². The van der Waals surface area contributed by atoms with E-state index in [9.17, 15) is 4.79 Å². The highest BCUT2D eigenvalue weighted by Crippen LogP contribution is 2.17. The van der Waals surface area contributed by atoms with Crippen LogP contribution in [0, 0.1) is 0 Å². The van der Waals surface area contributed by atoms with Crippen molar-refractivity contribution in [1.29, 1.82) is 0 Å². The number of amides is 1. The van der Waals surface area contributed by atoms with Gasteiger partial charge in [0.2, 0.25) is 12.3 Å². The number of hydrogen-bond acceptors (Lipinski definition) is 5. The summed E-state index contributed by atoms with van der Waals surface area (Å²) < 4.78 is 4.57. The number of nitrogens with zero attached hydrogens (tertiary/aromatic N) is 2. The molecule has 2 rings (SSSR count). The first kappa shape index (κ1) is 10.1. The first-order valence-electron chi connectivity index (χ1n) is 5.10. The van der Waals surface area contributed by atoms with Crippen LogP contribution in [0.5, 0.6) is 0 Å². The maximum Gasteiger partial charge on any atom is 0.233 e. The summed E-state index contributed by atoms with van der Waals surface area (Å²) in [5.74, 6) is 0.635. The van der Waals surface area contributed by atoms with E-state index in [-0.39, 0.29) is 5.91 Å². The molecule has 1 heterocycles. The zero-order chi connectivity index (χ0) is 10.5. The van der Waals surface area contributed by atoms with Gasteiger partial charge in [0, 0.05) is 19.0 Å². The van der Waals surface area contributed by atoms with Gasteiger partial charge in [0.25, 0.3) is 0 Å². The maximum atomic E-state index is 11.3. The van der Waals surface area contributed by atoms with E-state index in [1.165, 1.54) is 19.2 Å². The summed E-state index contributed by atoms with van der Waals surface area (Å²) in [6.07, 6.45) is 4.27. The maximum absolute atomic E-state index is 11.3. The summed E-state index contributed by atoms with van der Waals surface area (Å²) >= 11 is 0. The highest BCUT2D eigenvalue weighted by Gasteiger charge is 2.20. The van der Waals surface area contributed by atoms with Gasteiger partial charge in [-0.05, 0) is 12.8 Å². The Bertz CT molecular complexity index is 308. The fourth-order valence-electron chi connectivity index (χ4n) is 1.20. The van der Waals surface area contributed by atoms with Gasteiger partial charge in [-0.1, -0.05) is 5.16 Å². The molecular weight excluding hydrogens is 196 g/mol. The number of hydrogen-bond donors (Lipinski definition) is 2. The fourth-order valence-corrected chi connectivity index (χ4v) is 1.20. The topological polar surface area (TPSA) is 80.0 Å². The van der Waals surface area contributed by atoms with Crippen LogP contribution in [0.25, 0.3) is 0 Å². The molecule has 1 fully saturated rings. The van der Waals surface area contributed by atoms with Gasteiger partial charge in [-0.2, -0.15) is 4.98 Å². The third-order valence-corrected chi connectivity index (χ3v) is 2.21. The minimum atomic E-state index is 0.0189. The van der Waals surface area contributed by atoms with Crippen molar-refractivity contribution in [3.8, 4) is 0 Å². The molecule has 0 spiro atoms. The molecule has 0 atom stereocenters. The van der Waals surface area contributed by atoms with Gasteiger partial charge < -0.3 is 15.2 Å². The smallest absolute Gasteiger partial charge is 0.233 e. The van der Waals surface area contributed by atoms with Crippen molar-refractivity contribution in [2.45, 2.75) is 25.3 Å². The highest BCUT2D eigenvalue weighted by atomic mass is 16.5. The van der Waals surface area contributed by atoms with E-state index in [1.807, 2.05) is 0 Å². The average Bonchev–Trinajstić information content (AvgIpc) is 2.92. The van der Waals surface area contributed by atoms with Gasteiger partial charge in [0.05, 0.1) is 6.54 Å². The molecule has 1 aromatic rings. The lowest BCUT2D eigenvalue weighted by atomic mass is 10.4. The summed E-state index contributed by atoms with van der Waals surface area (Å²) in [5, 5.41) is 9.56. The van der Waals surface area contributed by atoms with Crippen molar-refractivity contribution >= 4 is 5.91 Å². The lowest BCUT2D eigenvalue weighted by Gasteiger charge is -2.03. The molecule has 15 heavy (non-hydrogen) atoms. The fraction of sp³-hybridized carbons (Fsp3) is 0.667. The van der Waals surface area contributed by atoms with Crippen molar-refractivity contribution in [2.75, 3.05) is 13.1 Å². The van der Waals surface area contributed by atoms with Crippen LogP contribution in [0.2, 0.25) is 0 Å². The van der Waals surface area contributed by atoms with E-state index >= 15 is 0 Å². The Morgan fingerprint density at radius 2 is 2.47 bits per heavy atom. The van der Waals surface area contributed by atoms with E-state index in [1.54, 1.807) is 0 Å². The summed E-state index contributed by atoms with van der Waals surface area (Å²) in [4.78, 5) is 15.1. The van der Waals surface area contributed by atoms with Gasteiger partial charge in [0.1, 0.15) is 0 Å². The third-order valence-electron chi connectivity index (χ3n) is 2.21. The number of nitrogens with one attached hydrogen (secondary N) is 2. The molecule has 1 aromatic heterocycles. The number of carbonyl (C=O) groups is 1. The molecule has 0 radical (unpaired) electrons. The Morgan fingerprint density at radius 3 is 3.13 bits per heavy atom. The van der Waals surface area contributed by atoms with E-state index < -0.39 is 0 Å². The number of rotatable bonds is 6. The second-order valence-electron chi connectivity index (χ2n) is 3.60. The quantitative estimate of drug-likeness (QED) is 0.660.